The van der Waals surface area contributed by atoms with Crippen molar-refractivity contribution < 1.29 is 4.74 Å². The molecule has 2 aliphatic rings. The maximum atomic E-state index is 6.08. The molecule has 3 heterocycles. The van der Waals surface area contributed by atoms with E-state index in [9.17, 15) is 0 Å². The van der Waals surface area contributed by atoms with Gasteiger partial charge in [-0.2, -0.15) is 5.10 Å². The van der Waals surface area contributed by atoms with E-state index in [1.54, 1.807) is 6.33 Å². The number of aliphatic imine (C=N–C) groups is 1. The van der Waals surface area contributed by atoms with Crippen LogP contribution in [-0.4, -0.2) is 53.1 Å². The van der Waals surface area contributed by atoms with Gasteiger partial charge in [-0.25, -0.2) is 9.67 Å². The van der Waals surface area contributed by atoms with E-state index in [0.29, 0.717) is 18.1 Å². The van der Waals surface area contributed by atoms with Gasteiger partial charge in [0.05, 0.1) is 12.6 Å². The second-order valence-electron chi connectivity index (χ2n) is 8.25. The topological polar surface area (TPSA) is 76.4 Å². The van der Waals surface area contributed by atoms with Crippen LogP contribution >= 0.6 is 24.0 Å². The third-order valence-electron chi connectivity index (χ3n) is 5.20. The number of aromatic nitrogens is 3. The standard InChI is InChI=1S/C18H32N6O.HI/c1-18(2,3)16-13(6-5-9-25-16)10-20-17(19-4)23-14-7-8-15-21-12-22-24(15)11-14;/h12-14,16H,5-11H2,1-4H3,(H2,19,20,23);1H. The fourth-order valence-corrected chi connectivity index (χ4v) is 3.98. The van der Waals surface area contributed by atoms with Crippen LogP contribution in [0, 0.1) is 11.3 Å². The molecule has 0 radical (unpaired) electrons. The fraction of sp³-hybridized carbons (Fsp3) is 0.833. The molecule has 26 heavy (non-hydrogen) atoms. The summed E-state index contributed by atoms with van der Waals surface area (Å²) < 4.78 is 8.07. The molecule has 3 atom stereocenters. The van der Waals surface area contributed by atoms with Gasteiger partial charge in [-0.15, -0.1) is 24.0 Å². The third kappa shape index (κ3) is 5.31. The van der Waals surface area contributed by atoms with E-state index in [0.717, 1.165) is 50.7 Å². The number of rotatable bonds is 3. The molecule has 1 saturated heterocycles. The van der Waals surface area contributed by atoms with Crippen LogP contribution in [0.25, 0.3) is 0 Å². The van der Waals surface area contributed by atoms with Crippen molar-refractivity contribution in [3.63, 3.8) is 0 Å². The van der Waals surface area contributed by atoms with E-state index in [4.69, 9.17) is 4.74 Å². The van der Waals surface area contributed by atoms with Gasteiger partial charge in [-0.1, -0.05) is 20.8 Å². The quantitative estimate of drug-likeness (QED) is 0.398. The summed E-state index contributed by atoms with van der Waals surface area (Å²) in [5.74, 6) is 2.46. The van der Waals surface area contributed by atoms with Crippen LogP contribution in [0.4, 0.5) is 0 Å². The van der Waals surface area contributed by atoms with Crippen molar-refractivity contribution in [3.8, 4) is 0 Å². The van der Waals surface area contributed by atoms with Gasteiger partial charge < -0.3 is 15.4 Å². The molecule has 8 heteroatoms. The molecule has 7 nitrogen and oxygen atoms in total. The van der Waals surface area contributed by atoms with Crippen molar-refractivity contribution in [2.75, 3.05) is 20.2 Å². The van der Waals surface area contributed by atoms with Gasteiger partial charge in [0.1, 0.15) is 12.2 Å². The number of ether oxygens (including phenoxy) is 1. The molecular formula is C18H33IN6O. The molecule has 0 aliphatic carbocycles. The molecule has 0 amide bonds. The van der Waals surface area contributed by atoms with Gasteiger partial charge in [0.15, 0.2) is 5.96 Å². The Hall–Kier alpha value is -0.900. The van der Waals surface area contributed by atoms with Gasteiger partial charge in [0.25, 0.3) is 0 Å². The summed E-state index contributed by atoms with van der Waals surface area (Å²) in [6.07, 6.45) is 6.29. The second kappa shape index (κ2) is 9.34. The minimum absolute atomic E-state index is 0. The number of aryl methyl sites for hydroxylation is 1. The van der Waals surface area contributed by atoms with Crippen molar-refractivity contribution in [3.05, 3.63) is 12.2 Å². The highest BCUT2D eigenvalue weighted by molar-refractivity contribution is 14.0. The monoisotopic (exact) mass is 476 g/mol. The Labute approximate surface area is 173 Å². The average Bonchev–Trinajstić information content (AvgIpc) is 3.05. The Morgan fingerprint density at radius 3 is 2.92 bits per heavy atom. The molecule has 1 aromatic heterocycles. The van der Waals surface area contributed by atoms with Gasteiger partial charge in [0.2, 0.25) is 0 Å². The first kappa shape index (κ1) is 21.4. The number of halogens is 1. The van der Waals surface area contributed by atoms with Gasteiger partial charge >= 0.3 is 0 Å². The summed E-state index contributed by atoms with van der Waals surface area (Å²) in [6, 6.07) is 0.335. The molecular weight excluding hydrogens is 443 g/mol. The predicted molar refractivity (Wildman–Crippen MR) is 114 cm³/mol. The highest BCUT2D eigenvalue weighted by atomic mass is 127. The summed E-state index contributed by atoms with van der Waals surface area (Å²) in [5, 5.41) is 11.3. The normalized spacial score (nSPS) is 26.6. The maximum absolute atomic E-state index is 6.08. The smallest absolute Gasteiger partial charge is 0.191 e. The average molecular weight is 476 g/mol. The SMILES string of the molecule is CN=C(NCC1CCCOC1C(C)(C)C)NC1CCc2ncnn2C1.I. The van der Waals surface area contributed by atoms with Crippen molar-refractivity contribution in [1.82, 2.24) is 25.4 Å². The Morgan fingerprint density at radius 2 is 2.19 bits per heavy atom. The van der Waals surface area contributed by atoms with E-state index in [1.807, 2.05) is 11.7 Å². The zero-order chi connectivity index (χ0) is 17.9. The Balaban J connectivity index is 0.00000243. The zero-order valence-electron chi connectivity index (χ0n) is 16.4. The lowest BCUT2D eigenvalue weighted by Crippen LogP contribution is -2.50. The highest BCUT2D eigenvalue weighted by Gasteiger charge is 2.35. The minimum atomic E-state index is 0. The number of nitrogens with one attached hydrogen (secondary N) is 2. The lowest BCUT2D eigenvalue weighted by atomic mass is 9.78. The largest absolute Gasteiger partial charge is 0.377 e. The second-order valence-corrected chi connectivity index (χ2v) is 8.25. The van der Waals surface area contributed by atoms with Crippen LogP contribution in [0.3, 0.4) is 0 Å². The number of hydrogen-bond donors (Lipinski definition) is 2. The van der Waals surface area contributed by atoms with Crippen LogP contribution < -0.4 is 10.6 Å². The Kier molecular flexibility index (Phi) is 7.69. The lowest BCUT2D eigenvalue weighted by molar-refractivity contribution is -0.0835. The molecule has 0 bridgehead atoms. The lowest BCUT2D eigenvalue weighted by Gasteiger charge is -2.40. The molecule has 2 aliphatic heterocycles. The molecule has 1 fully saturated rings. The Morgan fingerprint density at radius 1 is 1.38 bits per heavy atom. The van der Waals surface area contributed by atoms with Crippen molar-refractivity contribution >= 4 is 29.9 Å². The number of guanidine groups is 1. The summed E-state index contributed by atoms with van der Waals surface area (Å²) in [5.41, 5.74) is 0.163. The number of fused-ring (bicyclic) bond motifs is 1. The number of nitrogens with zero attached hydrogens (tertiary/aromatic N) is 4. The predicted octanol–water partition coefficient (Wildman–Crippen LogP) is 2.22. The first-order valence-corrected chi connectivity index (χ1v) is 9.43. The van der Waals surface area contributed by atoms with Crippen molar-refractivity contribution in [2.45, 2.75) is 65.1 Å². The van der Waals surface area contributed by atoms with Crippen molar-refractivity contribution in [2.24, 2.45) is 16.3 Å². The molecule has 3 unspecified atom stereocenters. The minimum Gasteiger partial charge on any atom is -0.377 e. The maximum Gasteiger partial charge on any atom is 0.191 e. The van der Waals surface area contributed by atoms with Crippen LogP contribution in [-0.2, 0) is 17.7 Å². The third-order valence-corrected chi connectivity index (χ3v) is 5.20. The fourth-order valence-electron chi connectivity index (χ4n) is 3.98. The molecule has 1 aromatic rings. The first-order valence-electron chi connectivity index (χ1n) is 9.43. The van der Waals surface area contributed by atoms with Crippen LogP contribution in [0.5, 0.6) is 0 Å². The zero-order valence-corrected chi connectivity index (χ0v) is 18.7. The molecule has 148 valence electrons. The molecule has 2 N–H and O–H groups in total. The summed E-state index contributed by atoms with van der Waals surface area (Å²) >= 11 is 0. The molecule has 0 aromatic carbocycles. The molecule has 0 spiro atoms. The van der Waals surface area contributed by atoms with E-state index >= 15 is 0 Å². The van der Waals surface area contributed by atoms with E-state index < -0.39 is 0 Å². The van der Waals surface area contributed by atoms with E-state index in [1.165, 1.54) is 6.42 Å². The molecule has 0 saturated carbocycles. The highest BCUT2D eigenvalue weighted by Crippen LogP contribution is 2.33. The van der Waals surface area contributed by atoms with Crippen LogP contribution in [0.15, 0.2) is 11.3 Å². The van der Waals surface area contributed by atoms with E-state index in [2.05, 4.69) is 46.5 Å². The van der Waals surface area contributed by atoms with E-state index in [-0.39, 0.29) is 29.4 Å². The van der Waals surface area contributed by atoms with Crippen LogP contribution in [0.2, 0.25) is 0 Å². The number of hydrogen-bond acceptors (Lipinski definition) is 4. The van der Waals surface area contributed by atoms with Gasteiger partial charge in [-0.3, -0.25) is 4.99 Å². The summed E-state index contributed by atoms with van der Waals surface area (Å²) in [7, 11) is 1.83. The summed E-state index contributed by atoms with van der Waals surface area (Å²) in [6.45, 7) is 9.41. The Bertz CT molecular complexity index is 597. The molecule has 3 rings (SSSR count). The first-order chi connectivity index (χ1) is 12.0. The van der Waals surface area contributed by atoms with Gasteiger partial charge in [0, 0.05) is 38.6 Å². The van der Waals surface area contributed by atoms with Crippen molar-refractivity contribution in [1.29, 1.82) is 0 Å². The van der Waals surface area contributed by atoms with Crippen LogP contribution in [0.1, 0.15) is 45.9 Å². The van der Waals surface area contributed by atoms with Gasteiger partial charge in [-0.05, 0) is 24.7 Å². The summed E-state index contributed by atoms with van der Waals surface area (Å²) in [4.78, 5) is 8.69.